The number of thioether (sulfide) groups is 1. The Bertz CT molecular complexity index is 985. The van der Waals surface area contributed by atoms with Crippen molar-refractivity contribution in [3.63, 3.8) is 0 Å². The fraction of sp³-hybridized carbons (Fsp3) is 0.269. The molecule has 162 valence electrons. The molecule has 0 saturated heterocycles. The predicted molar refractivity (Wildman–Crippen MR) is 127 cm³/mol. The smallest absolute Gasteiger partial charge is 0.251 e. The molecule has 3 rings (SSSR count). The van der Waals surface area contributed by atoms with Crippen LogP contribution in [0.3, 0.4) is 0 Å². The van der Waals surface area contributed by atoms with Crippen LogP contribution in [0.2, 0.25) is 0 Å². The molecule has 1 N–H and O–H groups in total. The number of nitrogens with one attached hydrogen (secondary N) is 1. The van der Waals surface area contributed by atoms with Gasteiger partial charge in [-0.1, -0.05) is 35.9 Å². The minimum atomic E-state index is -0.0930. The molecular formula is C26H29NO3S. The lowest BCUT2D eigenvalue weighted by molar-refractivity contribution is 0.0951. The predicted octanol–water partition coefficient (Wildman–Crippen LogP) is 6.01. The van der Waals surface area contributed by atoms with Gasteiger partial charge in [0.2, 0.25) is 0 Å². The number of amides is 1. The second kappa shape index (κ2) is 11.5. The molecule has 0 aliphatic rings. The van der Waals surface area contributed by atoms with Crippen LogP contribution in [0, 0.1) is 6.92 Å². The zero-order chi connectivity index (χ0) is 22.1. The van der Waals surface area contributed by atoms with Gasteiger partial charge in [-0.3, -0.25) is 4.79 Å². The van der Waals surface area contributed by atoms with Gasteiger partial charge in [-0.15, -0.1) is 11.8 Å². The fourth-order valence-corrected chi connectivity index (χ4v) is 3.90. The van der Waals surface area contributed by atoms with Crippen LogP contribution in [0.5, 0.6) is 11.5 Å². The molecule has 0 spiro atoms. The molecule has 3 aromatic carbocycles. The molecule has 0 radical (unpaired) electrons. The average Bonchev–Trinajstić information content (AvgIpc) is 2.79. The SMILES string of the molecule is CCOc1ccc(CNC(=O)c2ccc(CSc3ccc(C)cc3)cc2)cc1OCC. The van der Waals surface area contributed by atoms with E-state index in [0.717, 1.165) is 17.1 Å². The first-order valence-electron chi connectivity index (χ1n) is 10.5. The van der Waals surface area contributed by atoms with Gasteiger partial charge in [0.15, 0.2) is 11.5 Å². The van der Waals surface area contributed by atoms with Crippen LogP contribution in [0.1, 0.15) is 40.9 Å². The van der Waals surface area contributed by atoms with Gasteiger partial charge in [0.25, 0.3) is 5.91 Å². The summed E-state index contributed by atoms with van der Waals surface area (Å²) in [6, 6.07) is 22.1. The molecule has 0 saturated carbocycles. The lowest BCUT2D eigenvalue weighted by atomic mass is 10.1. The Morgan fingerprint density at radius 1 is 0.839 bits per heavy atom. The molecular weight excluding hydrogens is 406 g/mol. The summed E-state index contributed by atoms with van der Waals surface area (Å²) in [5.41, 5.74) is 4.07. The number of ether oxygens (including phenoxy) is 2. The van der Waals surface area contributed by atoms with Crippen LogP contribution < -0.4 is 14.8 Å². The molecule has 31 heavy (non-hydrogen) atoms. The Balaban J connectivity index is 1.54. The second-order valence-corrected chi connectivity index (χ2v) is 8.18. The lowest BCUT2D eigenvalue weighted by Crippen LogP contribution is -2.22. The first-order valence-corrected chi connectivity index (χ1v) is 11.5. The Labute approximate surface area is 189 Å². The molecule has 0 aliphatic heterocycles. The maximum absolute atomic E-state index is 12.5. The zero-order valence-electron chi connectivity index (χ0n) is 18.3. The minimum Gasteiger partial charge on any atom is -0.490 e. The third-order valence-electron chi connectivity index (χ3n) is 4.70. The number of carbonyl (C=O) groups is 1. The number of hydrogen-bond acceptors (Lipinski definition) is 4. The molecule has 4 nitrogen and oxygen atoms in total. The van der Waals surface area contributed by atoms with Crippen LogP contribution in [-0.2, 0) is 12.3 Å². The minimum absolute atomic E-state index is 0.0930. The summed E-state index contributed by atoms with van der Waals surface area (Å²) in [6.07, 6.45) is 0. The normalized spacial score (nSPS) is 10.5. The van der Waals surface area contributed by atoms with E-state index in [2.05, 4.69) is 36.5 Å². The van der Waals surface area contributed by atoms with Crippen molar-refractivity contribution in [3.05, 3.63) is 89.0 Å². The molecule has 0 heterocycles. The average molecular weight is 436 g/mol. The Morgan fingerprint density at radius 3 is 2.16 bits per heavy atom. The summed E-state index contributed by atoms with van der Waals surface area (Å²) in [7, 11) is 0. The van der Waals surface area contributed by atoms with Crippen molar-refractivity contribution < 1.29 is 14.3 Å². The maximum Gasteiger partial charge on any atom is 0.251 e. The standard InChI is InChI=1S/C26H29NO3S/c1-4-29-24-15-10-21(16-25(24)30-5-2)17-27-26(28)22-11-8-20(9-12-22)18-31-23-13-6-19(3)7-14-23/h6-16H,4-5,17-18H2,1-3H3,(H,27,28). The van der Waals surface area contributed by atoms with Crippen molar-refractivity contribution in [1.82, 2.24) is 5.32 Å². The van der Waals surface area contributed by atoms with Gasteiger partial charge in [0.1, 0.15) is 0 Å². The van der Waals surface area contributed by atoms with Gasteiger partial charge in [-0.05, 0) is 68.3 Å². The van der Waals surface area contributed by atoms with Crippen molar-refractivity contribution in [2.75, 3.05) is 13.2 Å². The summed E-state index contributed by atoms with van der Waals surface area (Å²) < 4.78 is 11.2. The first-order chi connectivity index (χ1) is 15.1. The lowest BCUT2D eigenvalue weighted by Gasteiger charge is -2.13. The van der Waals surface area contributed by atoms with E-state index in [1.54, 1.807) is 11.8 Å². The fourth-order valence-electron chi connectivity index (χ4n) is 3.04. The number of carbonyl (C=O) groups excluding carboxylic acids is 1. The third kappa shape index (κ3) is 6.79. The molecule has 0 bridgehead atoms. The summed E-state index contributed by atoms with van der Waals surface area (Å²) in [6.45, 7) is 7.53. The van der Waals surface area contributed by atoms with Crippen molar-refractivity contribution in [2.45, 2.75) is 38.0 Å². The number of rotatable bonds is 10. The second-order valence-electron chi connectivity index (χ2n) is 7.13. The largest absolute Gasteiger partial charge is 0.490 e. The summed E-state index contributed by atoms with van der Waals surface area (Å²) in [5, 5.41) is 2.98. The highest BCUT2D eigenvalue weighted by atomic mass is 32.2. The van der Waals surface area contributed by atoms with Crippen molar-refractivity contribution in [3.8, 4) is 11.5 Å². The van der Waals surface area contributed by atoms with Crippen LogP contribution >= 0.6 is 11.8 Å². The highest BCUT2D eigenvalue weighted by Gasteiger charge is 2.09. The van der Waals surface area contributed by atoms with Crippen molar-refractivity contribution >= 4 is 17.7 Å². The topological polar surface area (TPSA) is 47.6 Å². The van der Waals surface area contributed by atoms with Gasteiger partial charge < -0.3 is 14.8 Å². The molecule has 0 unspecified atom stereocenters. The van der Waals surface area contributed by atoms with Crippen LogP contribution in [0.25, 0.3) is 0 Å². The molecule has 5 heteroatoms. The van der Waals surface area contributed by atoms with E-state index in [4.69, 9.17) is 9.47 Å². The van der Waals surface area contributed by atoms with Gasteiger partial charge in [-0.2, -0.15) is 0 Å². The Kier molecular flexibility index (Phi) is 8.42. The molecule has 0 fully saturated rings. The van der Waals surface area contributed by atoms with E-state index in [0.29, 0.717) is 31.1 Å². The number of benzene rings is 3. The van der Waals surface area contributed by atoms with E-state index >= 15 is 0 Å². The molecule has 0 aliphatic carbocycles. The summed E-state index contributed by atoms with van der Waals surface area (Å²) in [4.78, 5) is 13.8. The van der Waals surface area contributed by atoms with E-state index in [-0.39, 0.29) is 5.91 Å². The van der Waals surface area contributed by atoms with Crippen molar-refractivity contribution in [1.29, 1.82) is 0 Å². The molecule has 0 atom stereocenters. The van der Waals surface area contributed by atoms with Crippen molar-refractivity contribution in [2.24, 2.45) is 0 Å². The third-order valence-corrected chi connectivity index (χ3v) is 5.79. The molecule has 3 aromatic rings. The quantitative estimate of drug-likeness (QED) is 0.396. The zero-order valence-corrected chi connectivity index (χ0v) is 19.1. The van der Waals surface area contributed by atoms with Crippen LogP contribution in [-0.4, -0.2) is 19.1 Å². The maximum atomic E-state index is 12.5. The Morgan fingerprint density at radius 2 is 1.48 bits per heavy atom. The van der Waals surface area contributed by atoms with E-state index in [9.17, 15) is 4.79 Å². The molecule has 0 aromatic heterocycles. The van der Waals surface area contributed by atoms with E-state index in [1.807, 2.05) is 56.3 Å². The highest BCUT2D eigenvalue weighted by Crippen LogP contribution is 2.28. The van der Waals surface area contributed by atoms with E-state index in [1.165, 1.54) is 16.0 Å². The Hall–Kier alpha value is -2.92. The van der Waals surface area contributed by atoms with E-state index < -0.39 is 0 Å². The van der Waals surface area contributed by atoms with Gasteiger partial charge in [0.05, 0.1) is 13.2 Å². The van der Waals surface area contributed by atoms with Crippen LogP contribution in [0.15, 0.2) is 71.6 Å². The highest BCUT2D eigenvalue weighted by molar-refractivity contribution is 7.98. The van der Waals surface area contributed by atoms with Crippen LogP contribution in [0.4, 0.5) is 0 Å². The summed E-state index contributed by atoms with van der Waals surface area (Å²) in [5.74, 6) is 2.20. The number of hydrogen-bond donors (Lipinski definition) is 1. The van der Waals surface area contributed by atoms with Gasteiger partial charge in [-0.25, -0.2) is 0 Å². The van der Waals surface area contributed by atoms with Gasteiger partial charge in [0, 0.05) is 22.8 Å². The van der Waals surface area contributed by atoms with Gasteiger partial charge >= 0.3 is 0 Å². The number of aryl methyl sites for hydroxylation is 1. The monoisotopic (exact) mass is 435 g/mol. The first kappa shape index (κ1) is 22.8. The summed E-state index contributed by atoms with van der Waals surface area (Å²) >= 11 is 1.79. The molecule has 1 amide bonds.